The number of rotatable bonds is 10. The van der Waals surface area contributed by atoms with Crippen molar-refractivity contribution in [2.24, 2.45) is 0 Å². The van der Waals surface area contributed by atoms with Crippen molar-refractivity contribution < 1.29 is 29.1 Å². The first-order valence-electron chi connectivity index (χ1n) is 12.3. The largest absolute Gasteiger partial charge is 0.494 e. The lowest BCUT2D eigenvalue weighted by Gasteiger charge is -2.13. The predicted octanol–water partition coefficient (Wildman–Crippen LogP) is 1.92. The standard InChI is InChI=1S/C26H30BN5O6/c1-5-32-21(13-16(3)30-32)24(33)29-26-28-20-14-18(25(34)38-6-2)15-22(37-4)23(20)31(26)12-11-17-7-9-19(10-8-17)27(35)36/h7-10,13-15,35-36H,5-6,11-12H2,1-4H3,(H,28,29,33). The van der Waals surface area contributed by atoms with Gasteiger partial charge in [-0.05, 0) is 56.4 Å². The third kappa shape index (κ3) is 5.56. The zero-order chi connectivity index (χ0) is 27.4. The van der Waals surface area contributed by atoms with Gasteiger partial charge >= 0.3 is 13.1 Å². The molecule has 0 aliphatic rings. The third-order valence-electron chi connectivity index (χ3n) is 6.10. The number of nitrogens with zero attached hydrogens (tertiary/aromatic N) is 4. The highest BCUT2D eigenvalue weighted by Gasteiger charge is 2.22. The van der Waals surface area contributed by atoms with Crippen molar-refractivity contribution in [3.8, 4) is 5.75 Å². The van der Waals surface area contributed by atoms with E-state index >= 15 is 0 Å². The van der Waals surface area contributed by atoms with Gasteiger partial charge < -0.3 is 24.1 Å². The van der Waals surface area contributed by atoms with E-state index in [1.165, 1.54) is 7.11 Å². The van der Waals surface area contributed by atoms with E-state index in [0.717, 1.165) is 11.3 Å². The number of amides is 1. The van der Waals surface area contributed by atoms with Crippen LogP contribution in [0.1, 0.15) is 46.0 Å². The molecule has 11 nitrogen and oxygen atoms in total. The van der Waals surface area contributed by atoms with Gasteiger partial charge in [0.15, 0.2) is 0 Å². The molecule has 2 aromatic heterocycles. The van der Waals surface area contributed by atoms with E-state index in [-0.39, 0.29) is 24.0 Å². The Morgan fingerprint density at radius 3 is 2.47 bits per heavy atom. The topological polar surface area (TPSA) is 141 Å². The minimum absolute atomic E-state index is 0.228. The molecule has 0 aliphatic heterocycles. The second kappa shape index (κ2) is 11.5. The van der Waals surface area contributed by atoms with Gasteiger partial charge in [0.2, 0.25) is 5.95 Å². The molecule has 0 saturated heterocycles. The van der Waals surface area contributed by atoms with E-state index in [0.29, 0.717) is 47.4 Å². The molecule has 4 aromatic rings. The fourth-order valence-electron chi connectivity index (χ4n) is 4.26. The number of hydrogen-bond acceptors (Lipinski definition) is 8. The molecular formula is C26H30BN5O6. The van der Waals surface area contributed by atoms with E-state index < -0.39 is 13.1 Å². The number of carbonyl (C=O) groups excluding carboxylic acids is 2. The van der Waals surface area contributed by atoms with Crippen LogP contribution in [0.3, 0.4) is 0 Å². The van der Waals surface area contributed by atoms with Crippen molar-refractivity contribution in [1.29, 1.82) is 0 Å². The summed E-state index contributed by atoms with van der Waals surface area (Å²) in [5.41, 5.74) is 3.82. The molecule has 38 heavy (non-hydrogen) atoms. The molecule has 198 valence electrons. The number of nitrogens with one attached hydrogen (secondary N) is 1. The van der Waals surface area contributed by atoms with Crippen LogP contribution in [0.15, 0.2) is 42.5 Å². The van der Waals surface area contributed by atoms with E-state index in [1.54, 1.807) is 41.9 Å². The van der Waals surface area contributed by atoms with Crippen molar-refractivity contribution in [3.05, 3.63) is 65.0 Å². The minimum Gasteiger partial charge on any atom is -0.494 e. The number of anilines is 1. The smallest absolute Gasteiger partial charge is 0.488 e. The number of carbonyl (C=O) groups is 2. The Kier molecular flexibility index (Phi) is 8.13. The number of benzene rings is 2. The average Bonchev–Trinajstić information content (AvgIpc) is 3.46. The van der Waals surface area contributed by atoms with Crippen LogP contribution >= 0.6 is 0 Å². The molecule has 0 bridgehead atoms. The molecule has 2 aromatic carbocycles. The Labute approximate surface area is 220 Å². The molecule has 4 rings (SSSR count). The SMILES string of the molecule is CCOC(=O)c1cc(OC)c2c(c1)nc(NC(=O)c1cc(C)nn1CC)n2CCc1ccc(B(O)O)cc1. The number of imidazole rings is 1. The van der Waals surface area contributed by atoms with Gasteiger partial charge in [0.05, 0.1) is 30.5 Å². The van der Waals surface area contributed by atoms with Crippen molar-refractivity contribution >= 4 is 41.4 Å². The van der Waals surface area contributed by atoms with Gasteiger partial charge in [0, 0.05) is 13.1 Å². The Morgan fingerprint density at radius 1 is 1.11 bits per heavy atom. The first-order valence-corrected chi connectivity index (χ1v) is 12.3. The molecule has 0 spiro atoms. The van der Waals surface area contributed by atoms with Gasteiger partial charge in [-0.25, -0.2) is 9.78 Å². The fraction of sp³-hybridized carbons (Fsp3) is 0.308. The summed E-state index contributed by atoms with van der Waals surface area (Å²) in [6.45, 7) is 6.62. The maximum atomic E-state index is 13.2. The molecule has 12 heteroatoms. The summed E-state index contributed by atoms with van der Waals surface area (Å²) in [5, 5.41) is 26.0. The molecule has 0 fully saturated rings. The van der Waals surface area contributed by atoms with Crippen LogP contribution in [0.2, 0.25) is 0 Å². The summed E-state index contributed by atoms with van der Waals surface area (Å²) in [7, 11) is -0.0395. The maximum Gasteiger partial charge on any atom is 0.488 e. The van der Waals surface area contributed by atoms with Gasteiger partial charge in [-0.3, -0.25) is 14.8 Å². The Balaban J connectivity index is 1.75. The van der Waals surface area contributed by atoms with Crippen molar-refractivity contribution in [1.82, 2.24) is 19.3 Å². The molecule has 1 amide bonds. The quantitative estimate of drug-likeness (QED) is 0.213. The predicted molar refractivity (Wildman–Crippen MR) is 143 cm³/mol. The summed E-state index contributed by atoms with van der Waals surface area (Å²) < 4.78 is 14.2. The number of ether oxygens (including phenoxy) is 2. The average molecular weight is 519 g/mol. The number of hydrogen-bond donors (Lipinski definition) is 3. The molecule has 0 unspecified atom stereocenters. The van der Waals surface area contributed by atoms with Crippen molar-refractivity contribution in [2.75, 3.05) is 19.0 Å². The van der Waals surface area contributed by atoms with Crippen LogP contribution in [-0.4, -0.2) is 62.1 Å². The highest BCUT2D eigenvalue weighted by Crippen LogP contribution is 2.31. The van der Waals surface area contributed by atoms with Crippen molar-refractivity contribution in [3.63, 3.8) is 0 Å². The Bertz CT molecular complexity index is 1460. The molecule has 3 N–H and O–H groups in total. The normalized spacial score (nSPS) is 11.0. The lowest BCUT2D eigenvalue weighted by molar-refractivity contribution is 0.0526. The molecular weight excluding hydrogens is 489 g/mol. The second-order valence-electron chi connectivity index (χ2n) is 8.66. The second-order valence-corrected chi connectivity index (χ2v) is 8.66. The van der Waals surface area contributed by atoms with Crippen LogP contribution in [0.4, 0.5) is 5.95 Å². The summed E-state index contributed by atoms with van der Waals surface area (Å²) in [6.07, 6.45) is 0.547. The Hall–Kier alpha value is -4.16. The van der Waals surface area contributed by atoms with Gasteiger partial charge in [-0.2, -0.15) is 5.10 Å². The third-order valence-corrected chi connectivity index (χ3v) is 6.10. The Morgan fingerprint density at radius 2 is 1.84 bits per heavy atom. The number of aryl methyl sites for hydroxylation is 4. The maximum absolute atomic E-state index is 13.2. The molecule has 0 saturated carbocycles. The summed E-state index contributed by atoms with van der Waals surface area (Å²) >= 11 is 0. The van der Waals surface area contributed by atoms with Crippen LogP contribution in [0.25, 0.3) is 11.0 Å². The van der Waals surface area contributed by atoms with Gasteiger partial charge in [-0.15, -0.1) is 0 Å². The minimum atomic E-state index is -1.54. The lowest BCUT2D eigenvalue weighted by Crippen LogP contribution is -2.29. The van der Waals surface area contributed by atoms with Crippen LogP contribution in [0.5, 0.6) is 5.75 Å². The highest BCUT2D eigenvalue weighted by molar-refractivity contribution is 6.58. The first kappa shape index (κ1) is 26.9. The number of aromatic nitrogens is 4. The molecule has 0 aliphatic carbocycles. The molecule has 2 heterocycles. The summed E-state index contributed by atoms with van der Waals surface area (Å²) in [4.78, 5) is 30.3. The summed E-state index contributed by atoms with van der Waals surface area (Å²) in [6, 6.07) is 11.8. The number of fused-ring (bicyclic) bond motifs is 1. The molecule has 0 radical (unpaired) electrons. The highest BCUT2D eigenvalue weighted by atomic mass is 16.5. The first-order chi connectivity index (χ1) is 18.2. The van der Waals surface area contributed by atoms with Gasteiger partial charge in [0.1, 0.15) is 17.0 Å². The zero-order valence-electron chi connectivity index (χ0n) is 21.8. The van der Waals surface area contributed by atoms with Gasteiger partial charge in [0.25, 0.3) is 5.91 Å². The number of methoxy groups -OCH3 is 1. The van der Waals surface area contributed by atoms with E-state index in [9.17, 15) is 19.6 Å². The van der Waals surface area contributed by atoms with Crippen LogP contribution in [-0.2, 0) is 24.2 Å². The van der Waals surface area contributed by atoms with E-state index in [2.05, 4.69) is 15.4 Å². The number of esters is 1. The van der Waals surface area contributed by atoms with Crippen molar-refractivity contribution in [2.45, 2.75) is 40.3 Å². The monoisotopic (exact) mass is 519 g/mol. The molecule has 0 atom stereocenters. The van der Waals surface area contributed by atoms with E-state index in [4.69, 9.17) is 9.47 Å². The zero-order valence-corrected chi connectivity index (χ0v) is 21.8. The van der Waals surface area contributed by atoms with Gasteiger partial charge in [-0.1, -0.05) is 24.3 Å². The van der Waals surface area contributed by atoms with Crippen LogP contribution < -0.4 is 15.5 Å². The van der Waals surface area contributed by atoms with E-state index in [1.807, 2.05) is 30.5 Å². The van der Waals surface area contributed by atoms with Crippen LogP contribution in [0, 0.1) is 6.92 Å². The lowest BCUT2D eigenvalue weighted by atomic mass is 9.80. The summed E-state index contributed by atoms with van der Waals surface area (Å²) in [5.74, 6) is -0.170. The fourth-order valence-corrected chi connectivity index (χ4v) is 4.26.